The van der Waals surface area contributed by atoms with Gasteiger partial charge in [-0.1, -0.05) is 23.3 Å². The van der Waals surface area contributed by atoms with E-state index >= 15 is 0 Å². The normalized spacial score (nSPS) is 14.7. The van der Waals surface area contributed by atoms with Crippen LogP contribution < -0.4 is 15.0 Å². The van der Waals surface area contributed by atoms with Gasteiger partial charge in [0.1, 0.15) is 12.4 Å². The summed E-state index contributed by atoms with van der Waals surface area (Å²) in [6, 6.07) is 8.57. The summed E-state index contributed by atoms with van der Waals surface area (Å²) in [5.41, 5.74) is 1.13. The van der Waals surface area contributed by atoms with Gasteiger partial charge in [0.05, 0.1) is 19.6 Å². The number of nitrogens with zero attached hydrogens (tertiary/aromatic N) is 3. The maximum absolute atomic E-state index is 5.71. The maximum Gasteiger partial charge on any atom is 0.318 e. The Hall–Kier alpha value is -2.08. The second-order valence-corrected chi connectivity index (χ2v) is 4.39. The van der Waals surface area contributed by atoms with E-state index in [1.165, 1.54) is 0 Å². The van der Waals surface area contributed by atoms with Gasteiger partial charge in [0.25, 0.3) is 0 Å². The molecule has 0 saturated heterocycles. The Morgan fingerprint density at radius 2 is 2.21 bits per heavy atom. The van der Waals surface area contributed by atoms with Crippen molar-refractivity contribution in [1.29, 1.82) is 0 Å². The lowest BCUT2D eigenvalue weighted by molar-refractivity contribution is 0.329. The Morgan fingerprint density at radius 1 is 1.32 bits per heavy atom. The zero-order valence-electron chi connectivity index (χ0n) is 10.8. The summed E-state index contributed by atoms with van der Waals surface area (Å²) < 4.78 is 11.3. The molecular weight excluding hydrogens is 244 g/mol. The van der Waals surface area contributed by atoms with E-state index in [1.807, 2.05) is 30.1 Å². The molecule has 0 bridgehead atoms. The van der Waals surface area contributed by atoms with Crippen molar-refractivity contribution < 1.29 is 9.15 Å². The molecule has 2 aromatic rings. The van der Waals surface area contributed by atoms with Crippen LogP contribution in [-0.4, -0.2) is 30.4 Å². The van der Waals surface area contributed by atoms with Crippen LogP contribution in [0.2, 0.25) is 0 Å². The van der Waals surface area contributed by atoms with Gasteiger partial charge in [-0.05, 0) is 13.1 Å². The number of hydrogen-bond acceptors (Lipinski definition) is 6. The van der Waals surface area contributed by atoms with Gasteiger partial charge in [0.15, 0.2) is 0 Å². The first-order valence-electron chi connectivity index (χ1n) is 6.29. The number of anilines is 1. The number of benzene rings is 1. The van der Waals surface area contributed by atoms with E-state index in [0.717, 1.165) is 24.4 Å². The van der Waals surface area contributed by atoms with Crippen LogP contribution in [0.15, 0.2) is 28.7 Å². The van der Waals surface area contributed by atoms with Gasteiger partial charge < -0.3 is 19.4 Å². The van der Waals surface area contributed by atoms with E-state index in [2.05, 4.69) is 21.6 Å². The summed E-state index contributed by atoms with van der Waals surface area (Å²) in [4.78, 5) is 2.04. The van der Waals surface area contributed by atoms with E-state index in [0.29, 0.717) is 25.1 Å². The molecule has 1 N–H and O–H groups in total. The van der Waals surface area contributed by atoms with Gasteiger partial charge in [-0.15, -0.1) is 5.10 Å². The largest absolute Gasteiger partial charge is 0.491 e. The molecule has 1 aliphatic rings. The van der Waals surface area contributed by atoms with Crippen LogP contribution in [0.1, 0.15) is 11.5 Å². The fourth-order valence-corrected chi connectivity index (χ4v) is 2.08. The number of fused-ring (bicyclic) bond motifs is 1. The molecule has 0 atom stereocenters. The van der Waals surface area contributed by atoms with Crippen LogP contribution in [0.25, 0.3) is 0 Å². The molecule has 1 aliphatic heterocycles. The molecule has 6 heteroatoms. The predicted molar refractivity (Wildman–Crippen MR) is 70.0 cm³/mol. The molecule has 1 aromatic carbocycles. The van der Waals surface area contributed by atoms with Crippen molar-refractivity contribution in [2.75, 3.05) is 25.1 Å². The van der Waals surface area contributed by atoms with Crippen molar-refractivity contribution in [2.24, 2.45) is 0 Å². The highest BCUT2D eigenvalue weighted by atomic mass is 16.5. The van der Waals surface area contributed by atoms with Crippen LogP contribution >= 0.6 is 0 Å². The number of para-hydroxylation sites is 1. The zero-order valence-corrected chi connectivity index (χ0v) is 10.8. The Kier molecular flexibility index (Phi) is 3.33. The van der Waals surface area contributed by atoms with E-state index < -0.39 is 0 Å². The SMILES string of the molecule is CNCc1nnc(N2CCOc3ccccc3C2)o1. The maximum atomic E-state index is 5.71. The van der Waals surface area contributed by atoms with E-state index in [9.17, 15) is 0 Å². The van der Waals surface area contributed by atoms with Crippen molar-refractivity contribution in [3.63, 3.8) is 0 Å². The van der Waals surface area contributed by atoms with Crippen molar-refractivity contribution in [2.45, 2.75) is 13.1 Å². The second-order valence-electron chi connectivity index (χ2n) is 4.39. The average Bonchev–Trinajstić information content (AvgIpc) is 2.78. The molecule has 0 unspecified atom stereocenters. The Labute approximate surface area is 111 Å². The Balaban J connectivity index is 1.81. The Bertz CT molecular complexity index is 555. The Morgan fingerprint density at radius 3 is 3.11 bits per heavy atom. The molecule has 0 amide bonds. The van der Waals surface area contributed by atoms with Gasteiger partial charge in [0, 0.05) is 5.56 Å². The lowest BCUT2D eigenvalue weighted by atomic mass is 10.2. The van der Waals surface area contributed by atoms with Gasteiger partial charge >= 0.3 is 6.01 Å². The second kappa shape index (κ2) is 5.27. The van der Waals surface area contributed by atoms with Gasteiger partial charge in [-0.2, -0.15) is 0 Å². The molecule has 3 rings (SSSR count). The fourth-order valence-electron chi connectivity index (χ4n) is 2.08. The molecule has 100 valence electrons. The molecule has 6 nitrogen and oxygen atoms in total. The van der Waals surface area contributed by atoms with Gasteiger partial charge in [0.2, 0.25) is 5.89 Å². The van der Waals surface area contributed by atoms with Crippen LogP contribution in [0.4, 0.5) is 6.01 Å². The first-order chi connectivity index (χ1) is 9.36. The molecule has 0 aliphatic carbocycles. The molecule has 19 heavy (non-hydrogen) atoms. The molecule has 0 fully saturated rings. The topological polar surface area (TPSA) is 63.4 Å². The van der Waals surface area contributed by atoms with E-state index in [-0.39, 0.29) is 0 Å². The van der Waals surface area contributed by atoms with Gasteiger partial charge in [-0.25, -0.2) is 0 Å². The first-order valence-corrected chi connectivity index (χ1v) is 6.29. The first kappa shape index (κ1) is 12.0. The van der Waals surface area contributed by atoms with Crippen LogP contribution in [-0.2, 0) is 13.1 Å². The van der Waals surface area contributed by atoms with E-state index in [1.54, 1.807) is 0 Å². The summed E-state index contributed by atoms with van der Waals surface area (Å²) in [6.07, 6.45) is 0. The van der Waals surface area contributed by atoms with Crippen molar-refractivity contribution in [3.8, 4) is 5.75 Å². The zero-order chi connectivity index (χ0) is 13.1. The summed E-state index contributed by atoms with van der Waals surface area (Å²) in [7, 11) is 1.85. The van der Waals surface area contributed by atoms with Crippen LogP contribution in [0.3, 0.4) is 0 Å². The quantitative estimate of drug-likeness (QED) is 0.894. The van der Waals surface area contributed by atoms with Crippen molar-refractivity contribution in [3.05, 3.63) is 35.7 Å². The third-order valence-electron chi connectivity index (χ3n) is 3.01. The van der Waals surface area contributed by atoms with E-state index in [4.69, 9.17) is 9.15 Å². The average molecular weight is 260 g/mol. The number of ether oxygens (including phenoxy) is 1. The molecule has 0 saturated carbocycles. The highest BCUT2D eigenvalue weighted by Crippen LogP contribution is 2.25. The molecular formula is C13H16N4O2. The predicted octanol–water partition coefficient (Wildman–Crippen LogP) is 1.19. The van der Waals surface area contributed by atoms with Gasteiger partial charge in [-0.3, -0.25) is 0 Å². The third kappa shape index (κ3) is 2.53. The highest BCUT2D eigenvalue weighted by Gasteiger charge is 2.19. The minimum Gasteiger partial charge on any atom is -0.491 e. The van der Waals surface area contributed by atoms with Crippen LogP contribution in [0, 0.1) is 0 Å². The fraction of sp³-hybridized carbons (Fsp3) is 0.385. The lowest BCUT2D eigenvalue weighted by Gasteiger charge is -2.16. The monoisotopic (exact) mass is 260 g/mol. The molecule has 0 spiro atoms. The minimum absolute atomic E-state index is 0.547. The summed E-state index contributed by atoms with van der Waals surface area (Å²) >= 11 is 0. The number of hydrogen-bond donors (Lipinski definition) is 1. The molecule has 0 radical (unpaired) electrons. The van der Waals surface area contributed by atoms with Crippen LogP contribution in [0.5, 0.6) is 5.75 Å². The number of aromatic nitrogens is 2. The minimum atomic E-state index is 0.547. The summed E-state index contributed by atoms with van der Waals surface area (Å²) in [6.45, 7) is 2.64. The molecule has 1 aromatic heterocycles. The molecule has 2 heterocycles. The smallest absolute Gasteiger partial charge is 0.318 e. The number of rotatable bonds is 3. The summed E-state index contributed by atoms with van der Waals surface area (Å²) in [5, 5.41) is 11.1. The lowest BCUT2D eigenvalue weighted by Crippen LogP contribution is -2.25. The summed E-state index contributed by atoms with van der Waals surface area (Å²) in [5.74, 6) is 1.52. The highest BCUT2D eigenvalue weighted by molar-refractivity contribution is 5.39. The van der Waals surface area contributed by atoms with Crippen molar-refractivity contribution in [1.82, 2.24) is 15.5 Å². The standard InChI is InChI=1S/C13H16N4O2/c1-14-8-12-15-16-13(19-12)17-6-7-18-11-5-3-2-4-10(11)9-17/h2-5,14H,6-9H2,1H3. The third-order valence-corrected chi connectivity index (χ3v) is 3.01. The van der Waals surface area contributed by atoms with Crippen molar-refractivity contribution >= 4 is 6.01 Å². The number of nitrogens with one attached hydrogen (secondary N) is 1.